The molecule has 0 atom stereocenters. The molecule has 1 rings (SSSR count). The van der Waals surface area contributed by atoms with Gasteiger partial charge in [0.25, 0.3) is 0 Å². The minimum Gasteiger partial charge on any atom is -0.366 e. The van der Waals surface area contributed by atoms with Crippen molar-refractivity contribution in [2.24, 2.45) is 5.73 Å². The Balaban J connectivity index is 3.14. The number of aromatic nitrogens is 2. The van der Waals surface area contributed by atoms with Gasteiger partial charge in [0.05, 0.1) is 0 Å². The Morgan fingerprint density at radius 3 is 2.33 bits per heavy atom. The second kappa shape index (κ2) is 5.34. The van der Waals surface area contributed by atoms with Crippen LogP contribution in [0.2, 0.25) is 10.3 Å². The third kappa shape index (κ3) is 3.37. The highest BCUT2D eigenvalue weighted by Crippen LogP contribution is 2.25. The first-order valence-corrected chi connectivity index (χ1v) is 5.77. The molecule has 0 spiro atoms. The lowest BCUT2D eigenvalue weighted by atomic mass is 10.3. The molecule has 1 heterocycles. The number of amides is 1. The molecule has 1 aromatic heterocycles. The molecule has 15 heavy (non-hydrogen) atoms. The zero-order chi connectivity index (χ0) is 11.4. The lowest BCUT2D eigenvalue weighted by Crippen LogP contribution is -2.05. The third-order valence-electron chi connectivity index (χ3n) is 1.43. The van der Waals surface area contributed by atoms with E-state index in [9.17, 15) is 4.79 Å². The lowest BCUT2D eigenvalue weighted by molar-refractivity contribution is -0.113. The van der Waals surface area contributed by atoms with Gasteiger partial charge in [0.2, 0.25) is 5.91 Å². The summed E-state index contributed by atoms with van der Waals surface area (Å²) < 4.78 is 0. The number of nitrogens with zero attached hydrogens (tertiary/aromatic N) is 2. The van der Waals surface area contributed by atoms with Gasteiger partial charge in [-0.25, -0.2) is 9.97 Å². The molecular formula is C8H7Cl2N3OS. The van der Waals surface area contributed by atoms with E-state index >= 15 is 0 Å². The highest BCUT2D eigenvalue weighted by atomic mass is 35.5. The van der Waals surface area contributed by atoms with Crippen molar-refractivity contribution in [1.29, 1.82) is 0 Å². The van der Waals surface area contributed by atoms with Crippen molar-refractivity contribution < 1.29 is 4.79 Å². The standard InChI is InChI=1S/C8H7Cl2N3OS/c1-15-8-12-6(9)4(7(10)13-8)2-3-5(11)14/h2-3H,1H3,(H2,11,14). The fraction of sp³-hybridized carbons (Fsp3) is 0.125. The molecule has 2 N–H and O–H groups in total. The molecule has 80 valence electrons. The van der Waals surface area contributed by atoms with Gasteiger partial charge < -0.3 is 5.73 Å². The molecule has 0 unspecified atom stereocenters. The van der Waals surface area contributed by atoms with Crippen LogP contribution in [0.4, 0.5) is 0 Å². The Bertz CT molecular complexity index is 399. The predicted molar refractivity (Wildman–Crippen MR) is 62.1 cm³/mol. The quantitative estimate of drug-likeness (QED) is 0.392. The average molecular weight is 264 g/mol. The first kappa shape index (κ1) is 12.3. The molecule has 0 aliphatic rings. The van der Waals surface area contributed by atoms with Gasteiger partial charge in [-0.3, -0.25) is 4.79 Å². The number of primary amides is 1. The number of hydrogen-bond donors (Lipinski definition) is 1. The van der Waals surface area contributed by atoms with Crippen molar-refractivity contribution in [2.45, 2.75) is 5.16 Å². The zero-order valence-corrected chi connectivity index (χ0v) is 10.0. The Hall–Kier alpha value is -0.780. The molecule has 0 saturated heterocycles. The second-order valence-corrected chi connectivity index (χ2v) is 3.93. The normalized spacial score (nSPS) is 10.9. The average Bonchev–Trinajstić information content (AvgIpc) is 2.15. The van der Waals surface area contributed by atoms with Gasteiger partial charge >= 0.3 is 0 Å². The largest absolute Gasteiger partial charge is 0.366 e. The number of carbonyl (C=O) groups is 1. The van der Waals surface area contributed by atoms with Crippen LogP contribution in [0.15, 0.2) is 11.2 Å². The third-order valence-corrected chi connectivity index (χ3v) is 2.55. The maximum absolute atomic E-state index is 10.5. The Labute approximate surface area is 101 Å². The number of halogens is 2. The monoisotopic (exact) mass is 263 g/mol. The second-order valence-electron chi connectivity index (χ2n) is 2.44. The fourth-order valence-corrected chi connectivity index (χ4v) is 1.77. The summed E-state index contributed by atoms with van der Waals surface area (Å²) in [6, 6.07) is 0. The Morgan fingerprint density at radius 1 is 1.40 bits per heavy atom. The van der Waals surface area contributed by atoms with Crippen molar-refractivity contribution in [3.05, 3.63) is 21.9 Å². The van der Waals surface area contributed by atoms with Crippen molar-refractivity contribution >= 4 is 46.9 Å². The van der Waals surface area contributed by atoms with Crippen LogP contribution in [0.5, 0.6) is 0 Å². The van der Waals surface area contributed by atoms with Crippen LogP contribution < -0.4 is 5.73 Å². The van der Waals surface area contributed by atoms with Crippen LogP contribution in [0.3, 0.4) is 0 Å². The molecule has 4 nitrogen and oxygen atoms in total. The van der Waals surface area contributed by atoms with Gasteiger partial charge in [0, 0.05) is 11.6 Å². The summed E-state index contributed by atoms with van der Waals surface area (Å²) in [5, 5.41) is 0.856. The van der Waals surface area contributed by atoms with E-state index in [-0.39, 0.29) is 10.3 Å². The van der Waals surface area contributed by atoms with E-state index in [4.69, 9.17) is 28.9 Å². The topological polar surface area (TPSA) is 68.9 Å². The maximum Gasteiger partial charge on any atom is 0.241 e. The van der Waals surface area contributed by atoms with E-state index in [0.29, 0.717) is 10.7 Å². The van der Waals surface area contributed by atoms with Gasteiger partial charge in [-0.05, 0) is 12.3 Å². The van der Waals surface area contributed by atoms with Crippen LogP contribution in [0, 0.1) is 0 Å². The van der Waals surface area contributed by atoms with Crippen LogP contribution >= 0.6 is 35.0 Å². The van der Waals surface area contributed by atoms with Gasteiger partial charge in [-0.1, -0.05) is 35.0 Å². The molecule has 0 aromatic carbocycles. The van der Waals surface area contributed by atoms with Crippen LogP contribution in [-0.4, -0.2) is 22.1 Å². The molecule has 1 aromatic rings. The summed E-state index contributed by atoms with van der Waals surface area (Å²) in [5.74, 6) is -0.587. The number of hydrogen-bond acceptors (Lipinski definition) is 4. The minimum absolute atomic E-state index is 0.192. The van der Waals surface area contributed by atoms with Crippen LogP contribution in [-0.2, 0) is 4.79 Å². The van der Waals surface area contributed by atoms with E-state index < -0.39 is 5.91 Å². The van der Waals surface area contributed by atoms with Gasteiger partial charge in [0.15, 0.2) is 5.16 Å². The van der Waals surface area contributed by atoms with Crippen molar-refractivity contribution in [1.82, 2.24) is 9.97 Å². The smallest absolute Gasteiger partial charge is 0.241 e. The van der Waals surface area contributed by atoms with Crippen molar-refractivity contribution in [3.8, 4) is 0 Å². The molecule has 7 heteroatoms. The minimum atomic E-state index is -0.587. The van der Waals surface area contributed by atoms with Crippen molar-refractivity contribution in [3.63, 3.8) is 0 Å². The predicted octanol–water partition coefficient (Wildman–Crippen LogP) is 2.00. The number of nitrogens with two attached hydrogens (primary N) is 1. The highest BCUT2D eigenvalue weighted by molar-refractivity contribution is 7.98. The number of carbonyl (C=O) groups excluding carboxylic acids is 1. The highest BCUT2D eigenvalue weighted by Gasteiger charge is 2.08. The summed E-state index contributed by atoms with van der Waals surface area (Å²) in [6.07, 6.45) is 4.34. The van der Waals surface area contributed by atoms with Gasteiger partial charge in [-0.2, -0.15) is 0 Å². The maximum atomic E-state index is 10.5. The van der Waals surface area contributed by atoms with Gasteiger partial charge in [0.1, 0.15) is 10.3 Å². The SMILES string of the molecule is CSc1nc(Cl)c(C=CC(N)=O)c(Cl)n1. The van der Waals surface area contributed by atoms with E-state index in [1.165, 1.54) is 17.8 Å². The molecule has 1 amide bonds. The van der Waals surface area contributed by atoms with E-state index in [1.807, 2.05) is 0 Å². The summed E-state index contributed by atoms with van der Waals surface area (Å²) in [6.45, 7) is 0. The molecule has 0 aliphatic carbocycles. The molecule has 0 bridgehead atoms. The van der Waals surface area contributed by atoms with E-state index in [2.05, 4.69) is 9.97 Å². The summed E-state index contributed by atoms with van der Waals surface area (Å²) in [5.41, 5.74) is 5.32. The molecule has 0 fully saturated rings. The van der Waals surface area contributed by atoms with E-state index in [0.717, 1.165) is 6.08 Å². The Morgan fingerprint density at radius 2 is 1.93 bits per heavy atom. The molecule has 0 aliphatic heterocycles. The number of rotatable bonds is 3. The molecule has 0 saturated carbocycles. The Kier molecular flexibility index (Phi) is 4.38. The summed E-state index contributed by atoms with van der Waals surface area (Å²) in [7, 11) is 0. The summed E-state index contributed by atoms with van der Waals surface area (Å²) in [4.78, 5) is 18.4. The lowest BCUT2D eigenvalue weighted by Gasteiger charge is -2.02. The number of thioether (sulfide) groups is 1. The molecule has 0 radical (unpaired) electrons. The van der Waals surface area contributed by atoms with Crippen molar-refractivity contribution in [2.75, 3.05) is 6.26 Å². The zero-order valence-electron chi connectivity index (χ0n) is 7.70. The van der Waals surface area contributed by atoms with Gasteiger partial charge in [-0.15, -0.1) is 0 Å². The fourth-order valence-electron chi connectivity index (χ4n) is 0.793. The van der Waals surface area contributed by atoms with Crippen LogP contribution in [0.25, 0.3) is 6.08 Å². The summed E-state index contributed by atoms with van der Waals surface area (Å²) >= 11 is 13.0. The van der Waals surface area contributed by atoms with Crippen LogP contribution in [0.1, 0.15) is 5.56 Å². The van der Waals surface area contributed by atoms with E-state index in [1.54, 1.807) is 6.26 Å². The first-order valence-electron chi connectivity index (χ1n) is 3.79. The molecular weight excluding hydrogens is 257 g/mol. The first-order chi connectivity index (χ1) is 7.04.